The molecule has 3 heterocycles. The van der Waals surface area contributed by atoms with E-state index in [2.05, 4.69) is 31.2 Å². The molecule has 1 unspecified atom stereocenters. The Morgan fingerprint density at radius 3 is 1.53 bits per heavy atom. The lowest BCUT2D eigenvalue weighted by Gasteiger charge is -2.15. The number of rotatable bonds is 44. The highest BCUT2D eigenvalue weighted by atomic mass is 16.6. The molecule has 0 fully saturated rings. The van der Waals surface area contributed by atoms with Gasteiger partial charge in [-0.25, -0.2) is 4.99 Å². The van der Waals surface area contributed by atoms with Crippen molar-refractivity contribution in [3.63, 3.8) is 0 Å². The van der Waals surface area contributed by atoms with Crippen LogP contribution in [-0.4, -0.2) is 227 Å². The Kier molecular flexibility index (Phi) is 39.0. The number of hydrogen-bond acceptors (Lipinski definition) is 20. The number of imide groups is 1. The number of carbonyl (C=O) groups is 6. The number of ether oxygens (including phenoxy) is 10. The van der Waals surface area contributed by atoms with E-state index in [-0.39, 0.29) is 68.3 Å². The summed E-state index contributed by atoms with van der Waals surface area (Å²) in [4.78, 5) is 82.6. The van der Waals surface area contributed by atoms with Gasteiger partial charge in [0.15, 0.2) is 0 Å². The molecular weight excluding hydrogens is 997 g/mol. The zero-order valence-corrected chi connectivity index (χ0v) is 44.5. The summed E-state index contributed by atoms with van der Waals surface area (Å²) in [7, 11) is 0. The molecule has 25 nitrogen and oxygen atoms in total. The van der Waals surface area contributed by atoms with Gasteiger partial charge in [-0.1, -0.05) is 19.1 Å². The lowest BCUT2D eigenvalue weighted by Crippen LogP contribution is -2.41. The second-order valence-electron chi connectivity index (χ2n) is 16.2. The number of aliphatic hydroxyl groups excluding tert-OH is 1. The Hall–Kier alpha value is -5.58. The number of nitrogens with zero attached hydrogens (tertiary/aromatic N) is 3. The Bertz CT molecular complexity index is 1940. The highest BCUT2D eigenvalue weighted by Crippen LogP contribution is 2.26. The number of aliphatic imine (C=N–C) groups is 1. The van der Waals surface area contributed by atoms with E-state index >= 15 is 0 Å². The molecule has 0 saturated carbocycles. The molecule has 0 bridgehead atoms. The number of nitrogens with two attached hydrogens (primary N) is 1. The molecule has 0 radical (unpaired) electrons. The molecule has 0 aromatic carbocycles. The molecular formula is C51H82N8O17. The first-order chi connectivity index (χ1) is 37.0. The summed E-state index contributed by atoms with van der Waals surface area (Å²) in [6.45, 7) is 14.6. The number of amidine groups is 1. The van der Waals surface area contributed by atoms with Crippen molar-refractivity contribution in [1.29, 1.82) is 0 Å². The van der Waals surface area contributed by atoms with Crippen LogP contribution in [0.15, 0.2) is 47.1 Å². The molecule has 1 aromatic rings. The van der Waals surface area contributed by atoms with Gasteiger partial charge in [0.25, 0.3) is 17.7 Å². The summed E-state index contributed by atoms with van der Waals surface area (Å²) >= 11 is 0. The second kappa shape index (κ2) is 44.5. The van der Waals surface area contributed by atoms with Crippen LogP contribution >= 0.6 is 0 Å². The number of fused-ring (bicyclic) bond motifs is 1. The number of carbonyl (C=O) groups excluding carboxylic acids is 6. The highest BCUT2D eigenvalue weighted by Gasteiger charge is 2.25. The summed E-state index contributed by atoms with van der Waals surface area (Å²) in [5, 5.41) is 18.8. The fraction of sp³-hybridized carbons (Fsp3) is 0.647. The lowest BCUT2D eigenvalue weighted by atomic mass is 10.1. The molecule has 428 valence electrons. The zero-order valence-electron chi connectivity index (χ0n) is 44.5. The topological polar surface area (TPSA) is 318 Å². The number of allylic oxidation sites excluding steroid dienone is 1. The van der Waals surface area contributed by atoms with Crippen LogP contribution in [0.4, 0.5) is 5.69 Å². The van der Waals surface area contributed by atoms with Gasteiger partial charge >= 0.3 is 0 Å². The fourth-order valence-electron chi connectivity index (χ4n) is 6.36. The van der Waals surface area contributed by atoms with Gasteiger partial charge in [-0.05, 0) is 38.8 Å². The van der Waals surface area contributed by atoms with E-state index < -0.39 is 23.8 Å². The quantitative estimate of drug-likeness (QED) is 0.0288. The van der Waals surface area contributed by atoms with Crippen LogP contribution in [0, 0.1) is 0 Å². The molecule has 6 amide bonds. The van der Waals surface area contributed by atoms with Crippen molar-refractivity contribution in [1.82, 2.24) is 31.2 Å². The van der Waals surface area contributed by atoms with Crippen LogP contribution in [0.2, 0.25) is 0 Å². The van der Waals surface area contributed by atoms with Crippen molar-refractivity contribution < 1.29 is 81.2 Å². The molecule has 25 heteroatoms. The number of hydrogen-bond donors (Lipinski definition) is 6. The van der Waals surface area contributed by atoms with Crippen LogP contribution in [0.25, 0.3) is 6.08 Å². The van der Waals surface area contributed by atoms with E-state index in [1.54, 1.807) is 19.1 Å². The van der Waals surface area contributed by atoms with Crippen molar-refractivity contribution in [2.45, 2.75) is 52.5 Å². The molecule has 1 atom stereocenters. The molecule has 7 N–H and O–H groups in total. The predicted octanol–water partition coefficient (Wildman–Crippen LogP) is 0.160. The highest BCUT2D eigenvalue weighted by molar-refractivity contribution is 6.14. The van der Waals surface area contributed by atoms with Gasteiger partial charge in [-0.2, -0.15) is 0 Å². The molecule has 2 aliphatic rings. The van der Waals surface area contributed by atoms with E-state index in [9.17, 15) is 28.8 Å². The first-order valence-corrected chi connectivity index (χ1v) is 25.7. The maximum Gasteiger partial charge on any atom is 0.254 e. The molecule has 3 rings (SSSR count). The first kappa shape index (κ1) is 66.5. The number of aromatic nitrogens is 1. The van der Waals surface area contributed by atoms with Crippen LogP contribution < -0.4 is 27.0 Å². The van der Waals surface area contributed by atoms with Gasteiger partial charge < -0.3 is 79.5 Å². The number of amides is 6. The Balaban J connectivity index is 0.00000642. The minimum absolute atomic E-state index is 0.167. The SMILES string of the molecule is CC=CC(CCC(=O)NCCOCCOCCOCCOCCOCCOCCOCCOCCOCCOCCNC(=O)CN1C(=O)C=CC1=O)NC(=O)c1cnc2c(c1)N=C(N)CC(C(=O)NCCC)=C2.CCO. The first-order valence-electron chi connectivity index (χ1n) is 25.7. The number of nitrogens with one attached hydrogen (secondary N) is 4. The molecule has 0 saturated heterocycles. The third kappa shape index (κ3) is 32.8. The van der Waals surface area contributed by atoms with E-state index in [0.717, 1.165) is 23.5 Å². The van der Waals surface area contributed by atoms with Gasteiger partial charge in [-0.15, -0.1) is 0 Å². The van der Waals surface area contributed by atoms with Gasteiger partial charge in [0, 0.05) is 69.0 Å². The number of pyridine rings is 1. The van der Waals surface area contributed by atoms with Crippen LogP contribution in [0.5, 0.6) is 0 Å². The van der Waals surface area contributed by atoms with Gasteiger partial charge in [0.05, 0.1) is 149 Å². The van der Waals surface area contributed by atoms with Gasteiger partial charge in [-0.3, -0.25) is 38.7 Å². The van der Waals surface area contributed by atoms with Crippen molar-refractivity contribution in [2.24, 2.45) is 10.7 Å². The summed E-state index contributed by atoms with van der Waals surface area (Å²) in [5.41, 5.74) is 7.64. The average Bonchev–Trinajstić information content (AvgIpc) is 3.60. The molecule has 0 aliphatic carbocycles. The summed E-state index contributed by atoms with van der Waals surface area (Å²) in [6.07, 6.45) is 10.5. The van der Waals surface area contributed by atoms with Crippen molar-refractivity contribution in [2.75, 3.05) is 165 Å². The summed E-state index contributed by atoms with van der Waals surface area (Å²) in [5.74, 6) is -1.98. The molecule has 2 aliphatic heterocycles. The Morgan fingerprint density at radius 1 is 0.658 bits per heavy atom. The molecule has 1 aromatic heterocycles. The van der Waals surface area contributed by atoms with E-state index in [1.165, 1.54) is 6.20 Å². The predicted molar refractivity (Wildman–Crippen MR) is 280 cm³/mol. The van der Waals surface area contributed by atoms with Crippen molar-refractivity contribution >= 4 is 53.0 Å². The second-order valence-corrected chi connectivity index (χ2v) is 16.2. The van der Waals surface area contributed by atoms with Gasteiger partial charge in [0.1, 0.15) is 12.4 Å². The van der Waals surface area contributed by atoms with Crippen LogP contribution in [0.3, 0.4) is 0 Å². The minimum Gasteiger partial charge on any atom is -0.397 e. The maximum absolute atomic E-state index is 13.2. The summed E-state index contributed by atoms with van der Waals surface area (Å²) < 4.78 is 54.8. The minimum atomic E-state index is -0.501. The zero-order chi connectivity index (χ0) is 55.3. The third-order valence-corrected chi connectivity index (χ3v) is 10.0. The smallest absolute Gasteiger partial charge is 0.254 e. The molecule has 0 spiro atoms. The fourth-order valence-corrected chi connectivity index (χ4v) is 6.36. The Labute approximate surface area is 445 Å². The summed E-state index contributed by atoms with van der Waals surface area (Å²) in [6, 6.07) is 1.19. The van der Waals surface area contributed by atoms with E-state index in [4.69, 9.17) is 58.2 Å². The monoisotopic (exact) mass is 1080 g/mol. The maximum atomic E-state index is 13.2. The average molecular weight is 1080 g/mol. The van der Waals surface area contributed by atoms with Crippen molar-refractivity contribution in [3.8, 4) is 0 Å². The third-order valence-electron chi connectivity index (χ3n) is 10.0. The largest absolute Gasteiger partial charge is 0.397 e. The molecule has 76 heavy (non-hydrogen) atoms. The standard InChI is InChI=1S/C49H76N8O16.C2H6O/c1-3-5-40(55-49(63)39-34-42-41(54-36-39)33-38(35-43(50)56-42)48(62)53-10-4-2)6-7-44(58)51-11-13-64-15-17-66-19-21-68-23-25-70-27-29-72-31-32-73-30-28-71-26-24-69-22-20-67-18-16-65-14-12-52-45(59)37-57-46(60)8-9-47(57)61;1-2-3/h3,5,8-9,33-34,36,40H,4,6-7,10-32,35,37H2,1-2H3,(H2,50,56)(H,51,58)(H,52,59)(H,53,62)(H,55,63);3H,2H2,1H3. The Morgan fingerprint density at radius 2 is 1.09 bits per heavy atom. The normalized spacial score (nSPS) is 13.4. The number of aliphatic hydroxyl groups is 1. The lowest BCUT2D eigenvalue weighted by molar-refractivity contribution is -0.141. The van der Waals surface area contributed by atoms with Gasteiger partial charge in [0.2, 0.25) is 17.7 Å². The van der Waals surface area contributed by atoms with Crippen LogP contribution in [0.1, 0.15) is 62.5 Å². The van der Waals surface area contributed by atoms with E-state index in [0.29, 0.717) is 162 Å². The van der Waals surface area contributed by atoms with Crippen LogP contribution in [-0.2, 0) is 71.3 Å². The van der Waals surface area contributed by atoms with E-state index in [1.807, 2.05) is 26.0 Å². The van der Waals surface area contributed by atoms with Crippen molar-refractivity contribution in [3.05, 3.63) is 53.4 Å².